The maximum absolute atomic E-state index is 13.4. The van der Waals surface area contributed by atoms with E-state index in [2.05, 4.69) is 32.5 Å². The predicted octanol–water partition coefficient (Wildman–Crippen LogP) is 3.12. The maximum Gasteiger partial charge on any atom is 0.257 e. The summed E-state index contributed by atoms with van der Waals surface area (Å²) in [7, 11) is 0. The van der Waals surface area contributed by atoms with Crippen molar-refractivity contribution in [1.82, 2.24) is 9.55 Å². The lowest BCUT2D eigenvalue weighted by atomic mass is 9.84. The lowest BCUT2D eigenvalue weighted by molar-refractivity contribution is -0.236. The standard InChI is InChI=1S/C23H22IN3O4/c1-2-23(30)15-8-18-20-13(9-27(18)21(28)14(15)10-31-22(23)29)11-4-3-5-12-16(26-24)6-7-17(25-20)19(11)12/h6-8,22,26,29-30H,2-5,9-10H2,1H3/t22?,23-/m0/s1. The van der Waals surface area contributed by atoms with Gasteiger partial charge in [-0.25, -0.2) is 4.98 Å². The number of nitrogens with zero attached hydrogens (tertiary/aromatic N) is 2. The van der Waals surface area contributed by atoms with Gasteiger partial charge in [0, 0.05) is 27.8 Å². The van der Waals surface area contributed by atoms with Crippen molar-refractivity contribution in [3.8, 4) is 11.4 Å². The monoisotopic (exact) mass is 531 g/mol. The van der Waals surface area contributed by atoms with E-state index in [9.17, 15) is 15.0 Å². The quantitative estimate of drug-likeness (QED) is 0.272. The second-order valence-corrected chi connectivity index (χ2v) is 9.15. The number of fused-ring (bicyclic) bond motifs is 5. The molecule has 0 bridgehead atoms. The first-order chi connectivity index (χ1) is 15.0. The number of benzene rings is 1. The summed E-state index contributed by atoms with van der Waals surface area (Å²) in [6.45, 7) is 2.24. The molecule has 8 heteroatoms. The fourth-order valence-electron chi connectivity index (χ4n) is 5.52. The molecule has 0 fully saturated rings. The van der Waals surface area contributed by atoms with E-state index < -0.39 is 11.9 Å². The number of pyridine rings is 2. The van der Waals surface area contributed by atoms with Gasteiger partial charge in [0.05, 0.1) is 52.9 Å². The average Bonchev–Trinajstić information content (AvgIpc) is 3.16. The van der Waals surface area contributed by atoms with Crippen LogP contribution in [0.25, 0.3) is 22.3 Å². The molecular weight excluding hydrogens is 509 g/mol. The van der Waals surface area contributed by atoms with E-state index in [-0.39, 0.29) is 18.6 Å². The van der Waals surface area contributed by atoms with Crippen LogP contribution in [-0.2, 0) is 36.3 Å². The molecule has 4 heterocycles. The summed E-state index contributed by atoms with van der Waals surface area (Å²) in [4.78, 5) is 18.4. The molecule has 3 aliphatic rings. The largest absolute Gasteiger partial charge is 0.380 e. The van der Waals surface area contributed by atoms with Crippen LogP contribution in [0.3, 0.4) is 0 Å². The Morgan fingerprint density at radius 1 is 1.29 bits per heavy atom. The van der Waals surface area contributed by atoms with Crippen LogP contribution in [0, 0.1) is 0 Å². The summed E-state index contributed by atoms with van der Waals surface area (Å²) in [5.74, 6) is 0. The molecule has 6 rings (SSSR count). The maximum atomic E-state index is 13.4. The van der Waals surface area contributed by atoms with Crippen molar-refractivity contribution >= 4 is 39.5 Å². The molecule has 2 aliphatic heterocycles. The van der Waals surface area contributed by atoms with E-state index >= 15 is 0 Å². The zero-order valence-corrected chi connectivity index (χ0v) is 19.2. The van der Waals surface area contributed by atoms with Gasteiger partial charge in [0.2, 0.25) is 0 Å². The van der Waals surface area contributed by atoms with E-state index in [1.807, 2.05) is 12.1 Å². The van der Waals surface area contributed by atoms with Gasteiger partial charge in [-0.15, -0.1) is 0 Å². The van der Waals surface area contributed by atoms with Crippen molar-refractivity contribution in [1.29, 1.82) is 0 Å². The molecule has 31 heavy (non-hydrogen) atoms. The normalized spacial score (nSPS) is 23.4. The van der Waals surface area contributed by atoms with Gasteiger partial charge in [0.15, 0.2) is 6.29 Å². The molecule has 3 aromatic rings. The highest BCUT2D eigenvalue weighted by Gasteiger charge is 2.44. The zero-order valence-electron chi connectivity index (χ0n) is 17.0. The highest BCUT2D eigenvalue weighted by molar-refractivity contribution is 14.1. The van der Waals surface area contributed by atoms with E-state index in [0.29, 0.717) is 23.4 Å². The number of aryl methyl sites for hydroxylation is 2. The van der Waals surface area contributed by atoms with Crippen molar-refractivity contribution in [2.24, 2.45) is 0 Å². The first-order valence-electron chi connectivity index (χ1n) is 10.6. The second kappa shape index (κ2) is 6.74. The van der Waals surface area contributed by atoms with Gasteiger partial charge in [-0.2, -0.15) is 0 Å². The number of anilines is 1. The third kappa shape index (κ3) is 2.50. The molecule has 1 aliphatic carbocycles. The van der Waals surface area contributed by atoms with Gasteiger partial charge >= 0.3 is 0 Å². The molecule has 1 aromatic carbocycles. The van der Waals surface area contributed by atoms with Gasteiger partial charge < -0.3 is 23.0 Å². The Bertz CT molecular complexity index is 1340. The summed E-state index contributed by atoms with van der Waals surface area (Å²) in [5.41, 5.74) is 6.34. The molecule has 0 amide bonds. The predicted molar refractivity (Wildman–Crippen MR) is 125 cm³/mol. The summed E-state index contributed by atoms with van der Waals surface area (Å²) >= 11 is 2.17. The van der Waals surface area contributed by atoms with Crippen LogP contribution in [0.4, 0.5) is 5.69 Å². The van der Waals surface area contributed by atoms with Crippen LogP contribution in [-0.4, -0.2) is 26.1 Å². The van der Waals surface area contributed by atoms with E-state index in [1.54, 1.807) is 11.5 Å². The Morgan fingerprint density at radius 2 is 2.10 bits per heavy atom. The lowest BCUT2D eigenvalue weighted by Gasteiger charge is -2.37. The smallest absolute Gasteiger partial charge is 0.257 e. The minimum Gasteiger partial charge on any atom is -0.380 e. The molecule has 0 spiro atoms. The number of aromatic nitrogens is 2. The number of aliphatic hydroxyl groups is 2. The molecule has 0 saturated carbocycles. The zero-order chi connectivity index (χ0) is 21.5. The second-order valence-electron chi connectivity index (χ2n) is 8.61. The molecule has 3 N–H and O–H groups in total. The summed E-state index contributed by atoms with van der Waals surface area (Å²) in [6.07, 6.45) is 1.91. The van der Waals surface area contributed by atoms with Gasteiger partial charge in [-0.3, -0.25) is 4.79 Å². The van der Waals surface area contributed by atoms with Crippen LogP contribution in [0.2, 0.25) is 0 Å². The Hall–Kier alpha value is -2.01. The van der Waals surface area contributed by atoms with Crippen LogP contribution in [0.1, 0.15) is 47.6 Å². The van der Waals surface area contributed by atoms with Gasteiger partial charge in [0.1, 0.15) is 5.60 Å². The van der Waals surface area contributed by atoms with Crippen molar-refractivity contribution in [3.05, 3.63) is 56.4 Å². The van der Waals surface area contributed by atoms with Crippen molar-refractivity contribution in [3.63, 3.8) is 0 Å². The highest BCUT2D eigenvalue weighted by Crippen LogP contribution is 2.44. The van der Waals surface area contributed by atoms with Crippen LogP contribution in [0.5, 0.6) is 0 Å². The van der Waals surface area contributed by atoms with E-state index in [0.717, 1.165) is 41.7 Å². The Balaban J connectivity index is 1.65. The lowest BCUT2D eigenvalue weighted by Crippen LogP contribution is -2.47. The molecular formula is C23H22IN3O4. The third-order valence-electron chi connectivity index (χ3n) is 7.19. The number of ether oxygens (including phenoxy) is 1. The number of halogens is 1. The third-order valence-corrected chi connectivity index (χ3v) is 7.77. The number of aliphatic hydroxyl groups excluding tert-OH is 1. The first-order valence-corrected chi connectivity index (χ1v) is 11.7. The topological polar surface area (TPSA) is 96.6 Å². The fraction of sp³-hybridized carbons (Fsp3) is 0.391. The Morgan fingerprint density at radius 3 is 2.87 bits per heavy atom. The SMILES string of the molecule is CC[C@]1(O)c2cc3n(c(=O)c2COC1O)Cc1c-3nc2ccc(NI)c3c2c1CCC3. The van der Waals surface area contributed by atoms with Gasteiger partial charge in [-0.05, 0) is 55.0 Å². The first kappa shape index (κ1) is 19.7. The van der Waals surface area contributed by atoms with Crippen molar-refractivity contribution < 1.29 is 14.9 Å². The summed E-state index contributed by atoms with van der Waals surface area (Å²) in [5, 5.41) is 22.7. The Kier molecular flexibility index (Phi) is 4.28. The molecule has 2 aromatic heterocycles. The van der Waals surface area contributed by atoms with Gasteiger partial charge in [-0.1, -0.05) is 6.92 Å². The highest BCUT2D eigenvalue weighted by atomic mass is 127. The summed E-state index contributed by atoms with van der Waals surface area (Å²) < 4.78 is 10.4. The van der Waals surface area contributed by atoms with E-state index in [1.165, 1.54) is 16.5 Å². The number of hydrogen-bond acceptors (Lipinski definition) is 6. The fourth-order valence-corrected chi connectivity index (χ4v) is 6.03. The number of nitrogens with one attached hydrogen (secondary N) is 1. The average molecular weight is 531 g/mol. The molecule has 160 valence electrons. The minimum absolute atomic E-state index is 0.00856. The molecule has 0 saturated heterocycles. The minimum atomic E-state index is -1.61. The molecule has 7 nitrogen and oxygen atoms in total. The molecule has 2 atom stereocenters. The number of hydrogen-bond donors (Lipinski definition) is 3. The molecule has 0 radical (unpaired) electrons. The van der Waals surface area contributed by atoms with Crippen LogP contribution >= 0.6 is 22.9 Å². The Labute approximate surface area is 192 Å². The molecule has 1 unspecified atom stereocenters. The van der Waals surface area contributed by atoms with Crippen molar-refractivity contribution in [2.45, 2.75) is 57.6 Å². The number of rotatable bonds is 2. The van der Waals surface area contributed by atoms with Crippen LogP contribution < -0.4 is 9.09 Å². The van der Waals surface area contributed by atoms with Crippen molar-refractivity contribution in [2.75, 3.05) is 3.53 Å². The van der Waals surface area contributed by atoms with Gasteiger partial charge in [0.25, 0.3) is 5.56 Å². The van der Waals surface area contributed by atoms with E-state index in [4.69, 9.17) is 9.72 Å². The summed E-state index contributed by atoms with van der Waals surface area (Å²) in [6, 6.07) is 5.94. The van der Waals surface area contributed by atoms with Crippen LogP contribution in [0.15, 0.2) is 23.0 Å².